The molecule has 0 radical (unpaired) electrons. The van der Waals surface area contributed by atoms with E-state index < -0.39 is 0 Å². The molecule has 0 aliphatic carbocycles. The quantitative estimate of drug-likeness (QED) is 0.440. The molecule has 0 amide bonds. The third-order valence-electron chi connectivity index (χ3n) is 1.65. The third-order valence-corrected chi connectivity index (χ3v) is 1.65. The molecule has 0 unspecified atom stereocenters. The zero-order chi connectivity index (χ0) is 11.1. The predicted octanol–water partition coefficient (Wildman–Crippen LogP) is 2.39. The van der Waals surface area contributed by atoms with E-state index in [9.17, 15) is 0 Å². The van der Waals surface area contributed by atoms with Crippen LogP contribution in [0.15, 0.2) is 54.7 Å². The Morgan fingerprint density at radius 3 is 2.80 bits per heavy atom. The Hall–Kier alpha value is -2.27. The molecule has 1 aromatic rings. The minimum absolute atomic E-state index is 0.590. The minimum Gasteiger partial charge on any atom is -0.399 e. The molecule has 1 aromatic carbocycles. The average Bonchev–Trinajstić information content (AvgIpc) is 2.24. The van der Waals surface area contributed by atoms with Crippen LogP contribution in [0.3, 0.4) is 0 Å². The number of hydrogen-bond acceptors (Lipinski definition) is 2. The van der Waals surface area contributed by atoms with Crippen LogP contribution in [0.5, 0.6) is 0 Å². The first-order valence-corrected chi connectivity index (χ1v) is 4.45. The fourth-order valence-electron chi connectivity index (χ4n) is 0.987. The van der Waals surface area contributed by atoms with Crippen LogP contribution >= 0.6 is 0 Å². The Balaban J connectivity index is 2.94. The van der Waals surface area contributed by atoms with Crippen molar-refractivity contribution in [3.05, 3.63) is 55.3 Å². The SMILES string of the molecule is C=CN=C(C#Cc1cccc(N)c1)C=C. The second-order valence-corrected chi connectivity index (χ2v) is 2.78. The molecule has 2 heteroatoms. The maximum Gasteiger partial charge on any atom is 0.112 e. The van der Waals surface area contributed by atoms with Crippen molar-refractivity contribution in [1.29, 1.82) is 0 Å². The lowest BCUT2D eigenvalue weighted by Crippen LogP contribution is -1.87. The van der Waals surface area contributed by atoms with Crippen LogP contribution < -0.4 is 5.73 Å². The molecule has 1 rings (SSSR count). The maximum atomic E-state index is 5.62. The standard InChI is InChI=1S/C13H12N2/c1-3-13(15-4-2)9-8-11-6-5-7-12(14)10-11/h3-7,10H,1-2,14H2. The summed E-state index contributed by atoms with van der Waals surface area (Å²) in [6.45, 7) is 7.10. The van der Waals surface area contributed by atoms with Gasteiger partial charge in [0, 0.05) is 17.5 Å². The Bertz CT molecular complexity index is 459. The summed E-state index contributed by atoms with van der Waals surface area (Å²) in [7, 11) is 0. The van der Waals surface area contributed by atoms with E-state index in [1.165, 1.54) is 6.20 Å². The minimum atomic E-state index is 0.590. The van der Waals surface area contributed by atoms with Gasteiger partial charge in [0.2, 0.25) is 0 Å². The lowest BCUT2D eigenvalue weighted by Gasteiger charge is -1.92. The zero-order valence-corrected chi connectivity index (χ0v) is 8.40. The Labute approximate surface area is 89.8 Å². The van der Waals surface area contributed by atoms with Crippen LogP contribution in [0.1, 0.15) is 5.56 Å². The smallest absolute Gasteiger partial charge is 0.112 e. The Kier molecular flexibility index (Phi) is 3.93. The number of allylic oxidation sites excluding steroid dienone is 1. The molecule has 0 aliphatic heterocycles. The van der Waals surface area contributed by atoms with Gasteiger partial charge in [0.15, 0.2) is 0 Å². The summed E-state index contributed by atoms with van der Waals surface area (Å²) in [6, 6.07) is 7.37. The molecular formula is C13H12N2. The summed E-state index contributed by atoms with van der Waals surface area (Å²) in [5.41, 5.74) is 7.76. The average molecular weight is 196 g/mol. The molecule has 0 fully saturated rings. The van der Waals surface area contributed by atoms with Gasteiger partial charge in [-0.25, -0.2) is 4.99 Å². The van der Waals surface area contributed by atoms with Crippen LogP contribution in [-0.2, 0) is 0 Å². The molecule has 2 nitrogen and oxygen atoms in total. The fraction of sp³-hybridized carbons (Fsp3) is 0. The van der Waals surface area contributed by atoms with Crippen molar-refractivity contribution in [2.24, 2.45) is 4.99 Å². The largest absolute Gasteiger partial charge is 0.399 e. The maximum absolute atomic E-state index is 5.62. The summed E-state index contributed by atoms with van der Waals surface area (Å²) in [5.74, 6) is 5.81. The zero-order valence-electron chi connectivity index (χ0n) is 8.40. The number of nitrogens with two attached hydrogens (primary N) is 1. The highest BCUT2D eigenvalue weighted by molar-refractivity contribution is 6.09. The summed E-state index contributed by atoms with van der Waals surface area (Å²) in [5, 5.41) is 0. The van der Waals surface area contributed by atoms with E-state index in [0.717, 1.165) is 5.56 Å². The van der Waals surface area contributed by atoms with Gasteiger partial charge in [0.1, 0.15) is 5.71 Å². The fourth-order valence-corrected chi connectivity index (χ4v) is 0.987. The van der Waals surface area contributed by atoms with Crippen LogP contribution in [0.25, 0.3) is 0 Å². The normalized spacial score (nSPS) is 10.0. The highest BCUT2D eigenvalue weighted by Gasteiger charge is 1.88. The molecule has 0 spiro atoms. The van der Waals surface area contributed by atoms with Gasteiger partial charge >= 0.3 is 0 Å². The van der Waals surface area contributed by atoms with E-state index in [0.29, 0.717) is 11.4 Å². The van der Waals surface area contributed by atoms with Crippen LogP contribution in [0.2, 0.25) is 0 Å². The van der Waals surface area contributed by atoms with Crippen molar-refractivity contribution in [3.63, 3.8) is 0 Å². The van der Waals surface area contributed by atoms with Gasteiger partial charge in [-0.2, -0.15) is 0 Å². The molecule has 0 saturated carbocycles. The number of nitrogen functional groups attached to an aromatic ring is 1. The first kappa shape index (κ1) is 10.8. The van der Waals surface area contributed by atoms with Crippen molar-refractivity contribution < 1.29 is 0 Å². The van der Waals surface area contributed by atoms with Gasteiger partial charge < -0.3 is 5.73 Å². The summed E-state index contributed by atoms with van der Waals surface area (Å²) < 4.78 is 0. The first-order valence-electron chi connectivity index (χ1n) is 4.45. The Morgan fingerprint density at radius 1 is 1.40 bits per heavy atom. The number of nitrogens with zero attached hydrogens (tertiary/aromatic N) is 1. The second kappa shape index (κ2) is 5.46. The van der Waals surface area contributed by atoms with E-state index in [4.69, 9.17) is 5.73 Å². The second-order valence-electron chi connectivity index (χ2n) is 2.78. The summed E-state index contributed by atoms with van der Waals surface area (Å²) in [4.78, 5) is 3.94. The van der Waals surface area contributed by atoms with Gasteiger partial charge in [-0.1, -0.05) is 25.1 Å². The van der Waals surface area contributed by atoms with Crippen molar-refractivity contribution in [1.82, 2.24) is 0 Å². The van der Waals surface area contributed by atoms with Crippen LogP contribution in [0.4, 0.5) is 5.69 Å². The molecule has 0 atom stereocenters. The van der Waals surface area contributed by atoms with Gasteiger partial charge in [0.05, 0.1) is 0 Å². The highest BCUT2D eigenvalue weighted by atomic mass is 14.7. The lowest BCUT2D eigenvalue weighted by molar-refractivity contribution is 1.60. The molecule has 0 aromatic heterocycles. The molecule has 15 heavy (non-hydrogen) atoms. The van der Waals surface area contributed by atoms with Crippen molar-refractivity contribution in [3.8, 4) is 11.8 Å². The number of benzene rings is 1. The summed E-state index contributed by atoms with van der Waals surface area (Å²) in [6.07, 6.45) is 3.02. The van der Waals surface area contributed by atoms with Crippen LogP contribution in [0, 0.1) is 11.8 Å². The molecule has 74 valence electrons. The van der Waals surface area contributed by atoms with Crippen molar-refractivity contribution >= 4 is 11.4 Å². The van der Waals surface area contributed by atoms with Gasteiger partial charge in [0.25, 0.3) is 0 Å². The van der Waals surface area contributed by atoms with Crippen molar-refractivity contribution in [2.75, 3.05) is 5.73 Å². The molecule has 0 heterocycles. The first-order chi connectivity index (χ1) is 7.26. The van der Waals surface area contributed by atoms with E-state index in [-0.39, 0.29) is 0 Å². The number of anilines is 1. The molecule has 2 N–H and O–H groups in total. The topological polar surface area (TPSA) is 38.4 Å². The molecule has 0 saturated heterocycles. The Morgan fingerprint density at radius 2 is 2.20 bits per heavy atom. The highest BCUT2D eigenvalue weighted by Crippen LogP contribution is 2.04. The van der Waals surface area contributed by atoms with Crippen LogP contribution in [-0.4, -0.2) is 5.71 Å². The predicted molar refractivity (Wildman–Crippen MR) is 65.6 cm³/mol. The van der Waals surface area contributed by atoms with Gasteiger partial charge in [-0.3, -0.25) is 0 Å². The molecular weight excluding hydrogens is 184 g/mol. The van der Waals surface area contributed by atoms with E-state index >= 15 is 0 Å². The van der Waals surface area contributed by atoms with E-state index in [2.05, 4.69) is 30.0 Å². The number of rotatable bonds is 2. The third kappa shape index (κ3) is 3.53. The molecule has 0 aliphatic rings. The van der Waals surface area contributed by atoms with E-state index in [1.54, 1.807) is 6.08 Å². The van der Waals surface area contributed by atoms with Gasteiger partial charge in [-0.05, 0) is 30.2 Å². The monoisotopic (exact) mass is 196 g/mol. The van der Waals surface area contributed by atoms with Crippen molar-refractivity contribution in [2.45, 2.75) is 0 Å². The molecule has 0 bridgehead atoms. The van der Waals surface area contributed by atoms with Gasteiger partial charge in [-0.15, -0.1) is 0 Å². The number of aliphatic imine (C=N–C) groups is 1. The van der Waals surface area contributed by atoms with E-state index in [1.807, 2.05) is 24.3 Å². The summed E-state index contributed by atoms with van der Waals surface area (Å²) >= 11 is 0. The number of hydrogen-bond donors (Lipinski definition) is 1. The lowest BCUT2D eigenvalue weighted by atomic mass is 10.2.